The molecule has 0 spiro atoms. The monoisotopic (exact) mass is 404 g/mol. The highest BCUT2D eigenvalue weighted by atomic mass is 28.4. The second-order valence-electron chi connectivity index (χ2n) is 10.3. The van der Waals surface area contributed by atoms with Crippen molar-refractivity contribution in [1.29, 1.82) is 0 Å². The number of rotatable bonds is 12. The summed E-state index contributed by atoms with van der Waals surface area (Å²) >= 11 is 0. The molecule has 0 aromatic heterocycles. The lowest BCUT2D eigenvalue weighted by atomic mass is 10.1. The number of hydrogen-bond acceptors (Lipinski definition) is 2. The highest BCUT2D eigenvalue weighted by Crippen LogP contribution is 2.43. The second kappa shape index (κ2) is 9.18. The zero-order valence-corrected chi connectivity index (χ0v) is 22.6. The highest BCUT2D eigenvalue weighted by molar-refractivity contribution is 6.82. The first-order valence-electron chi connectivity index (χ1n) is 10.6. The van der Waals surface area contributed by atoms with E-state index in [1.807, 2.05) is 0 Å². The average Bonchev–Trinajstić information content (AvgIpc) is 2.42. The van der Waals surface area contributed by atoms with E-state index in [1.165, 1.54) is 25.7 Å². The Morgan fingerprint density at radius 1 is 0.600 bits per heavy atom. The standard InChI is InChI=1S/C20H48O2Si3/c1-13-17-20(18-14-2,23(5,6)7)22-25(11,12)19(15-3,16-4)21-24(8,9)10/h13-18H2,1-12H3. The Bertz CT molecular complexity index is 385. The third-order valence-electron chi connectivity index (χ3n) is 5.87. The Balaban J connectivity index is 6.05. The van der Waals surface area contributed by atoms with Crippen LogP contribution in [0.25, 0.3) is 0 Å². The van der Waals surface area contributed by atoms with E-state index < -0.39 is 24.7 Å². The van der Waals surface area contributed by atoms with Crippen molar-refractivity contribution in [2.45, 2.75) is 129 Å². The van der Waals surface area contributed by atoms with Crippen LogP contribution in [-0.2, 0) is 8.85 Å². The molecule has 0 aromatic rings. The van der Waals surface area contributed by atoms with Gasteiger partial charge >= 0.3 is 0 Å². The quantitative estimate of drug-likeness (QED) is 0.316. The smallest absolute Gasteiger partial charge is 0.217 e. The Hall–Kier alpha value is 0.571. The molecule has 0 radical (unpaired) electrons. The van der Waals surface area contributed by atoms with Gasteiger partial charge in [-0.25, -0.2) is 0 Å². The normalized spacial score (nSPS) is 14.9. The maximum absolute atomic E-state index is 7.36. The van der Waals surface area contributed by atoms with E-state index in [0.717, 1.165) is 12.8 Å². The minimum absolute atomic E-state index is 0.0656. The number of hydrogen-bond donors (Lipinski definition) is 0. The molecule has 0 aliphatic carbocycles. The summed E-state index contributed by atoms with van der Waals surface area (Å²) in [4.78, 5) is 0. The minimum Gasteiger partial charge on any atom is -0.412 e. The van der Waals surface area contributed by atoms with E-state index in [-0.39, 0.29) is 10.4 Å². The van der Waals surface area contributed by atoms with Crippen molar-refractivity contribution < 1.29 is 8.85 Å². The van der Waals surface area contributed by atoms with Crippen LogP contribution in [0.4, 0.5) is 0 Å². The van der Waals surface area contributed by atoms with Crippen molar-refractivity contribution >= 4 is 24.7 Å². The zero-order valence-electron chi connectivity index (χ0n) is 19.6. The molecular weight excluding hydrogens is 356 g/mol. The molecule has 2 nitrogen and oxygen atoms in total. The van der Waals surface area contributed by atoms with Crippen LogP contribution in [0.3, 0.4) is 0 Å². The third kappa shape index (κ3) is 6.30. The minimum atomic E-state index is -2.07. The SMILES string of the molecule is CCCC(CCC)(O[Si](C)(C)C(CC)(CC)O[Si](C)(C)C)[Si](C)(C)C. The second-order valence-corrected chi connectivity index (χ2v) is 24.2. The van der Waals surface area contributed by atoms with Crippen LogP contribution in [0, 0.1) is 0 Å². The average molecular weight is 405 g/mol. The van der Waals surface area contributed by atoms with Gasteiger partial charge in [0.25, 0.3) is 0 Å². The van der Waals surface area contributed by atoms with Gasteiger partial charge in [-0.05, 0) is 58.4 Å². The largest absolute Gasteiger partial charge is 0.412 e. The summed E-state index contributed by atoms with van der Waals surface area (Å²) < 4.78 is 14.3. The van der Waals surface area contributed by atoms with Gasteiger partial charge in [-0.3, -0.25) is 0 Å². The van der Waals surface area contributed by atoms with Gasteiger partial charge in [0.1, 0.15) is 0 Å². The lowest BCUT2D eigenvalue weighted by molar-refractivity contribution is 0.0488. The molecule has 0 saturated heterocycles. The van der Waals surface area contributed by atoms with E-state index in [9.17, 15) is 0 Å². The Kier molecular flexibility index (Phi) is 9.39. The molecule has 0 rings (SSSR count). The lowest BCUT2D eigenvalue weighted by Crippen LogP contribution is -2.67. The third-order valence-corrected chi connectivity index (χ3v) is 14.5. The van der Waals surface area contributed by atoms with Crippen molar-refractivity contribution in [1.82, 2.24) is 0 Å². The van der Waals surface area contributed by atoms with E-state index in [1.54, 1.807) is 0 Å². The molecule has 0 unspecified atom stereocenters. The van der Waals surface area contributed by atoms with Crippen molar-refractivity contribution in [2.75, 3.05) is 0 Å². The fraction of sp³-hybridized carbons (Fsp3) is 1.00. The first-order valence-corrected chi connectivity index (χ1v) is 20.4. The topological polar surface area (TPSA) is 18.5 Å². The molecular formula is C20H48O2Si3. The first-order chi connectivity index (χ1) is 11.2. The molecule has 0 N–H and O–H groups in total. The highest BCUT2D eigenvalue weighted by Gasteiger charge is 2.55. The molecule has 0 aromatic carbocycles. The summed E-state index contributed by atoms with van der Waals surface area (Å²) in [6, 6.07) is 0. The fourth-order valence-electron chi connectivity index (χ4n) is 4.47. The molecule has 152 valence electrons. The molecule has 0 amide bonds. The van der Waals surface area contributed by atoms with E-state index >= 15 is 0 Å². The van der Waals surface area contributed by atoms with Crippen LogP contribution in [0.15, 0.2) is 0 Å². The molecule has 25 heavy (non-hydrogen) atoms. The maximum Gasteiger partial charge on any atom is 0.217 e. The van der Waals surface area contributed by atoms with E-state index in [2.05, 4.69) is 80.1 Å². The van der Waals surface area contributed by atoms with Gasteiger partial charge in [-0.2, -0.15) is 0 Å². The van der Waals surface area contributed by atoms with Gasteiger partial charge < -0.3 is 8.85 Å². The van der Waals surface area contributed by atoms with Crippen molar-refractivity contribution in [3.05, 3.63) is 0 Å². The predicted molar refractivity (Wildman–Crippen MR) is 122 cm³/mol. The van der Waals surface area contributed by atoms with Gasteiger partial charge in [-0.1, -0.05) is 60.2 Å². The molecule has 0 heterocycles. The van der Waals surface area contributed by atoms with E-state index in [0.29, 0.717) is 0 Å². The van der Waals surface area contributed by atoms with Crippen LogP contribution in [-0.4, -0.2) is 35.2 Å². The molecule has 0 aliphatic heterocycles. The van der Waals surface area contributed by atoms with Gasteiger partial charge in [0.05, 0.1) is 13.3 Å². The van der Waals surface area contributed by atoms with Gasteiger partial charge in [0.2, 0.25) is 8.32 Å². The van der Waals surface area contributed by atoms with Crippen molar-refractivity contribution in [3.63, 3.8) is 0 Å². The van der Waals surface area contributed by atoms with E-state index in [4.69, 9.17) is 8.85 Å². The molecule has 5 heteroatoms. The van der Waals surface area contributed by atoms with Crippen LogP contribution in [0.1, 0.15) is 66.2 Å². The van der Waals surface area contributed by atoms with Crippen molar-refractivity contribution in [3.8, 4) is 0 Å². The molecule has 0 fully saturated rings. The Morgan fingerprint density at radius 2 is 1.00 bits per heavy atom. The van der Waals surface area contributed by atoms with Gasteiger partial charge in [0, 0.05) is 5.22 Å². The van der Waals surface area contributed by atoms with Crippen LogP contribution in [0.2, 0.25) is 52.4 Å². The van der Waals surface area contributed by atoms with Crippen LogP contribution < -0.4 is 0 Å². The molecule has 0 saturated carbocycles. The summed E-state index contributed by atoms with van der Waals surface area (Å²) in [6.07, 6.45) is 6.93. The predicted octanol–water partition coefficient (Wildman–Crippen LogP) is 7.37. The Morgan fingerprint density at radius 3 is 1.24 bits per heavy atom. The van der Waals surface area contributed by atoms with Gasteiger partial charge in [-0.15, -0.1) is 0 Å². The lowest BCUT2D eigenvalue weighted by Gasteiger charge is -2.55. The summed E-state index contributed by atoms with van der Waals surface area (Å²) in [6.45, 7) is 28.6. The molecule has 0 aliphatic rings. The zero-order chi connectivity index (χ0) is 20.2. The van der Waals surface area contributed by atoms with Crippen LogP contribution >= 0.6 is 0 Å². The summed E-state index contributed by atoms with van der Waals surface area (Å²) in [5.74, 6) is 0. The molecule has 0 bridgehead atoms. The summed E-state index contributed by atoms with van der Waals surface area (Å²) in [5.41, 5.74) is 0. The summed E-state index contributed by atoms with van der Waals surface area (Å²) in [7, 11) is -5.19. The van der Waals surface area contributed by atoms with Gasteiger partial charge in [0.15, 0.2) is 8.32 Å². The maximum atomic E-state index is 7.36. The van der Waals surface area contributed by atoms with Crippen LogP contribution in [0.5, 0.6) is 0 Å². The first kappa shape index (κ1) is 25.6. The Labute approximate surface area is 162 Å². The summed E-state index contributed by atoms with van der Waals surface area (Å²) in [5, 5.41) is 0.0223. The molecule has 0 atom stereocenters. The van der Waals surface area contributed by atoms with Crippen molar-refractivity contribution in [2.24, 2.45) is 0 Å². The fourth-order valence-corrected chi connectivity index (χ4v) is 14.9.